The maximum Gasteiger partial charge on any atom is 0.153 e. The van der Waals surface area contributed by atoms with E-state index >= 15 is 0 Å². The van der Waals surface area contributed by atoms with Crippen molar-refractivity contribution >= 4 is 6.29 Å². The number of hydrogen-bond acceptors (Lipinski definition) is 2. The first-order valence-electron chi connectivity index (χ1n) is 4.95. The van der Waals surface area contributed by atoms with Gasteiger partial charge in [0.25, 0.3) is 0 Å². The van der Waals surface area contributed by atoms with Gasteiger partial charge in [-0.25, -0.2) is 4.39 Å². The van der Waals surface area contributed by atoms with Crippen LogP contribution in [0.1, 0.15) is 27.3 Å². The lowest BCUT2D eigenvalue weighted by Crippen LogP contribution is -1.96. The Morgan fingerprint density at radius 1 is 1.44 bits per heavy atom. The summed E-state index contributed by atoms with van der Waals surface area (Å²) in [7, 11) is 0. The smallest absolute Gasteiger partial charge is 0.153 e. The maximum atomic E-state index is 13.4. The Kier molecular flexibility index (Phi) is 2.81. The van der Waals surface area contributed by atoms with Crippen molar-refractivity contribution < 1.29 is 9.18 Å². The molecule has 0 unspecified atom stereocenters. The van der Waals surface area contributed by atoms with E-state index in [0.29, 0.717) is 28.9 Å². The van der Waals surface area contributed by atoms with Crippen LogP contribution in [0.3, 0.4) is 0 Å². The van der Waals surface area contributed by atoms with Crippen LogP contribution in [-0.2, 0) is 6.42 Å². The monoisotopic (exact) mass is 218 g/mol. The highest BCUT2D eigenvalue weighted by molar-refractivity contribution is 5.78. The second kappa shape index (κ2) is 4.26. The molecule has 1 N–H and O–H groups in total. The first-order chi connectivity index (χ1) is 7.72. The highest BCUT2D eigenvalue weighted by Crippen LogP contribution is 2.15. The fraction of sp³-hybridized carbons (Fsp3) is 0.167. The number of carbonyl (C=O) groups is 1. The largest absolute Gasteiger partial charge is 0.298 e. The summed E-state index contributed by atoms with van der Waals surface area (Å²) < 4.78 is 13.4. The van der Waals surface area contributed by atoms with E-state index in [2.05, 4.69) is 10.2 Å². The number of benzene rings is 1. The molecule has 16 heavy (non-hydrogen) atoms. The van der Waals surface area contributed by atoms with Crippen LogP contribution in [0.4, 0.5) is 4.39 Å². The molecule has 1 aromatic heterocycles. The van der Waals surface area contributed by atoms with Gasteiger partial charge in [0, 0.05) is 12.1 Å². The van der Waals surface area contributed by atoms with Crippen LogP contribution in [0.15, 0.2) is 24.3 Å². The van der Waals surface area contributed by atoms with Crippen molar-refractivity contribution in [2.24, 2.45) is 0 Å². The third kappa shape index (κ3) is 1.86. The van der Waals surface area contributed by atoms with E-state index in [0.717, 1.165) is 6.29 Å². The molecule has 0 saturated carbocycles. The molecule has 0 bridgehead atoms. The van der Waals surface area contributed by atoms with Crippen molar-refractivity contribution in [3.8, 4) is 0 Å². The van der Waals surface area contributed by atoms with Crippen molar-refractivity contribution in [1.29, 1.82) is 0 Å². The molecule has 3 nitrogen and oxygen atoms in total. The van der Waals surface area contributed by atoms with Crippen molar-refractivity contribution in [1.82, 2.24) is 10.2 Å². The number of halogens is 1. The summed E-state index contributed by atoms with van der Waals surface area (Å²) in [6, 6.07) is 6.48. The van der Waals surface area contributed by atoms with Crippen LogP contribution in [0.5, 0.6) is 0 Å². The fourth-order valence-corrected chi connectivity index (χ4v) is 1.60. The van der Waals surface area contributed by atoms with Gasteiger partial charge in [0.05, 0.1) is 11.3 Å². The molecular formula is C12H11FN2O. The average Bonchev–Trinajstić information content (AvgIpc) is 2.63. The quantitative estimate of drug-likeness (QED) is 0.803. The molecule has 0 spiro atoms. The van der Waals surface area contributed by atoms with Crippen molar-refractivity contribution in [3.63, 3.8) is 0 Å². The molecule has 1 heterocycles. The number of nitrogens with one attached hydrogen (secondary N) is 1. The topological polar surface area (TPSA) is 45.8 Å². The second-order valence-corrected chi connectivity index (χ2v) is 3.60. The van der Waals surface area contributed by atoms with Gasteiger partial charge in [0.15, 0.2) is 6.29 Å². The second-order valence-electron chi connectivity index (χ2n) is 3.60. The Morgan fingerprint density at radius 3 is 2.88 bits per heavy atom. The Morgan fingerprint density at radius 2 is 2.19 bits per heavy atom. The molecule has 0 fully saturated rings. The van der Waals surface area contributed by atoms with Crippen LogP contribution in [-0.4, -0.2) is 16.5 Å². The van der Waals surface area contributed by atoms with Gasteiger partial charge < -0.3 is 0 Å². The number of rotatable bonds is 3. The number of aldehydes is 1. The van der Waals surface area contributed by atoms with Gasteiger partial charge >= 0.3 is 0 Å². The Hall–Kier alpha value is -1.97. The number of hydrogen-bond donors (Lipinski definition) is 1. The maximum absolute atomic E-state index is 13.4. The zero-order valence-electron chi connectivity index (χ0n) is 8.83. The van der Waals surface area contributed by atoms with Gasteiger partial charge in [0.2, 0.25) is 0 Å². The normalized spacial score (nSPS) is 10.4. The van der Waals surface area contributed by atoms with Gasteiger partial charge in [-0.3, -0.25) is 9.89 Å². The highest BCUT2D eigenvalue weighted by Gasteiger charge is 2.11. The zero-order valence-corrected chi connectivity index (χ0v) is 8.83. The van der Waals surface area contributed by atoms with Crippen molar-refractivity contribution in [2.75, 3.05) is 0 Å². The van der Waals surface area contributed by atoms with Crippen molar-refractivity contribution in [2.45, 2.75) is 13.3 Å². The number of aromatic amines is 1. The van der Waals surface area contributed by atoms with E-state index in [1.807, 2.05) is 0 Å². The average molecular weight is 218 g/mol. The molecule has 0 saturated heterocycles. The zero-order chi connectivity index (χ0) is 11.5. The number of nitrogens with zero attached hydrogens (tertiary/aromatic N) is 1. The molecule has 4 heteroatoms. The van der Waals surface area contributed by atoms with Crippen LogP contribution >= 0.6 is 0 Å². The van der Waals surface area contributed by atoms with Gasteiger partial charge in [-0.2, -0.15) is 5.10 Å². The molecule has 82 valence electrons. The summed E-state index contributed by atoms with van der Waals surface area (Å²) >= 11 is 0. The van der Waals surface area contributed by atoms with Gasteiger partial charge in [-0.1, -0.05) is 18.2 Å². The summed E-state index contributed by atoms with van der Waals surface area (Å²) in [6.45, 7) is 1.77. The van der Waals surface area contributed by atoms with E-state index in [1.165, 1.54) is 6.07 Å². The lowest BCUT2D eigenvalue weighted by molar-refractivity contribution is 0.112. The number of aryl methyl sites for hydroxylation is 1. The molecule has 0 aliphatic carbocycles. The molecule has 0 amide bonds. The standard InChI is InChI=1S/C12H11FN2O/c1-8-10(7-16)12(15-14-8)6-9-4-2-3-5-11(9)13/h2-5,7H,6H2,1H3,(H,14,15). The lowest BCUT2D eigenvalue weighted by atomic mass is 10.1. The lowest BCUT2D eigenvalue weighted by Gasteiger charge is -2.00. The molecule has 0 atom stereocenters. The molecule has 2 aromatic rings. The predicted octanol–water partition coefficient (Wildman–Crippen LogP) is 2.26. The first-order valence-corrected chi connectivity index (χ1v) is 4.95. The molecular weight excluding hydrogens is 207 g/mol. The van der Waals surface area contributed by atoms with E-state index in [9.17, 15) is 9.18 Å². The number of carbonyl (C=O) groups excluding carboxylic acids is 1. The minimum absolute atomic E-state index is 0.278. The molecule has 0 aliphatic rings. The van der Waals surface area contributed by atoms with Crippen LogP contribution in [0.2, 0.25) is 0 Å². The third-order valence-corrected chi connectivity index (χ3v) is 2.51. The van der Waals surface area contributed by atoms with Crippen LogP contribution in [0, 0.1) is 12.7 Å². The Labute approximate surface area is 92.3 Å². The fourth-order valence-electron chi connectivity index (χ4n) is 1.60. The van der Waals surface area contributed by atoms with Gasteiger partial charge in [0.1, 0.15) is 5.82 Å². The van der Waals surface area contributed by atoms with Gasteiger partial charge in [-0.15, -0.1) is 0 Å². The minimum Gasteiger partial charge on any atom is -0.298 e. The van der Waals surface area contributed by atoms with Crippen molar-refractivity contribution in [3.05, 3.63) is 52.6 Å². The number of H-pyrrole nitrogens is 1. The molecule has 0 radical (unpaired) electrons. The van der Waals surface area contributed by atoms with Crippen LogP contribution in [0.25, 0.3) is 0 Å². The Balaban J connectivity index is 2.34. The summed E-state index contributed by atoms with van der Waals surface area (Å²) in [6.07, 6.45) is 1.07. The van der Waals surface area contributed by atoms with E-state index in [1.54, 1.807) is 25.1 Å². The van der Waals surface area contributed by atoms with E-state index < -0.39 is 0 Å². The molecule has 1 aromatic carbocycles. The molecule has 2 rings (SSSR count). The SMILES string of the molecule is Cc1[nH]nc(Cc2ccccc2F)c1C=O. The predicted molar refractivity (Wildman–Crippen MR) is 57.9 cm³/mol. The highest BCUT2D eigenvalue weighted by atomic mass is 19.1. The summed E-state index contributed by atoms with van der Waals surface area (Å²) in [5.41, 5.74) is 2.35. The summed E-state index contributed by atoms with van der Waals surface area (Å²) in [5.74, 6) is -0.278. The van der Waals surface area contributed by atoms with E-state index in [-0.39, 0.29) is 5.82 Å². The first kappa shape index (κ1) is 10.5. The minimum atomic E-state index is -0.278. The summed E-state index contributed by atoms with van der Waals surface area (Å²) in [4.78, 5) is 10.8. The van der Waals surface area contributed by atoms with Crippen LogP contribution < -0.4 is 0 Å². The summed E-state index contributed by atoms with van der Waals surface area (Å²) in [5, 5.41) is 6.72. The van der Waals surface area contributed by atoms with E-state index in [4.69, 9.17) is 0 Å². The third-order valence-electron chi connectivity index (χ3n) is 2.51. The molecule has 0 aliphatic heterocycles. The Bertz CT molecular complexity index is 519. The number of aromatic nitrogens is 2. The van der Waals surface area contributed by atoms with Gasteiger partial charge in [-0.05, 0) is 18.6 Å².